The van der Waals surface area contributed by atoms with E-state index in [-0.39, 0.29) is 29.9 Å². The van der Waals surface area contributed by atoms with Crippen LogP contribution >= 0.6 is 0 Å². The van der Waals surface area contributed by atoms with Gasteiger partial charge in [-0.25, -0.2) is 8.78 Å². The van der Waals surface area contributed by atoms with Crippen molar-refractivity contribution < 1.29 is 27.9 Å². The Morgan fingerprint density at radius 3 is 2.31 bits per heavy atom. The third kappa shape index (κ3) is 5.47. The highest BCUT2D eigenvalue weighted by Crippen LogP contribution is 2.13. The number of benzene rings is 2. The monoisotopic (exact) mass is 361 g/mol. The highest BCUT2D eigenvalue weighted by Gasteiger charge is 2.19. The third-order valence-electron chi connectivity index (χ3n) is 3.53. The zero-order valence-electron chi connectivity index (χ0n) is 14.0. The highest BCUT2D eigenvalue weighted by molar-refractivity contribution is 5.98. The minimum Gasteiger partial charge on any atom is -0.453 e. The van der Waals surface area contributed by atoms with E-state index >= 15 is 0 Å². The second-order valence-electron chi connectivity index (χ2n) is 5.53. The van der Waals surface area contributed by atoms with E-state index in [0.717, 1.165) is 12.1 Å². The first-order valence-corrected chi connectivity index (χ1v) is 7.90. The molecule has 2 aromatic carbocycles. The van der Waals surface area contributed by atoms with Gasteiger partial charge in [0.05, 0.1) is 12.1 Å². The zero-order valence-corrected chi connectivity index (χ0v) is 14.0. The molecule has 1 atom stereocenters. The predicted molar refractivity (Wildman–Crippen MR) is 90.5 cm³/mol. The number of anilines is 1. The molecule has 0 aliphatic rings. The Morgan fingerprint density at radius 1 is 1.00 bits per heavy atom. The second kappa shape index (κ2) is 8.84. The Bertz CT molecular complexity index is 805. The molecule has 5 nitrogen and oxygen atoms in total. The fourth-order valence-electron chi connectivity index (χ4n) is 2.10. The molecule has 0 fully saturated rings. The number of esters is 1. The van der Waals surface area contributed by atoms with Crippen LogP contribution in [-0.2, 0) is 14.3 Å². The lowest BCUT2D eigenvalue weighted by Gasteiger charge is -2.13. The van der Waals surface area contributed by atoms with Gasteiger partial charge in [-0.3, -0.25) is 14.4 Å². The van der Waals surface area contributed by atoms with Crippen LogP contribution in [0.15, 0.2) is 48.5 Å². The summed E-state index contributed by atoms with van der Waals surface area (Å²) in [5, 5.41) is 2.32. The van der Waals surface area contributed by atoms with Crippen molar-refractivity contribution in [2.45, 2.75) is 25.9 Å². The summed E-state index contributed by atoms with van der Waals surface area (Å²) in [6.45, 7) is 1.34. The molecule has 136 valence electrons. The minimum absolute atomic E-state index is 0.0214. The first-order valence-electron chi connectivity index (χ1n) is 7.90. The van der Waals surface area contributed by atoms with E-state index in [4.69, 9.17) is 4.74 Å². The van der Waals surface area contributed by atoms with E-state index < -0.39 is 29.6 Å². The van der Waals surface area contributed by atoms with Gasteiger partial charge in [0.25, 0.3) is 5.91 Å². The van der Waals surface area contributed by atoms with Crippen LogP contribution in [0.4, 0.5) is 14.5 Å². The molecule has 2 aromatic rings. The number of ether oxygens (including phenoxy) is 1. The maximum Gasteiger partial charge on any atom is 0.307 e. The lowest BCUT2D eigenvalue weighted by atomic mass is 10.1. The third-order valence-corrected chi connectivity index (χ3v) is 3.53. The molecule has 0 aliphatic heterocycles. The molecule has 1 N–H and O–H groups in total. The molecule has 1 amide bonds. The maximum atomic E-state index is 13.5. The average Bonchev–Trinajstić information content (AvgIpc) is 2.62. The number of Topliss-reactive ketones (excluding diaryl/α,β-unsaturated/α-hetero) is 1. The van der Waals surface area contributed by atoms with Crippen molar-refractivity contribution in [3.05, 3.63) is 65.7 Å². The number of rotatable bonds is 7. The smallest absolute Gasteiger partial charge is 0.307 e. The van der Waals surface area contributed by atoms with Crippen molar-refractivity contribution >= 4 is 23.3 Å². The molecule has 0 radical (unpaired) electrons. The van der Waals surface area contributed by atoms with Gasteiger partial charge in [0.1, 0.15) is 11.6 Å². The van der Waals surface area contributed by atoms with Crippen LogP contribution in [0.25, 0.3) is 0 Å². The van der Waals surface area contributed by atoms with Crippen LogP contribution in [0, 0.1) is 11.6 Å². The summed E-state index contributed by atoms with van der Waals surface area (Å²) in [6.07, 6.45) is -1.51. The molecule has 0 aliphatic carbocycles. The summed E-state index contributed by atoms with van der Waals surface area (Å²) in [5.41, 5.74) is 0.261. The Hall–Kier alpha value is -3.09. The Morgan fingerprint density at radius 2 is 1.65 bits per heavy atom. The quantitative estimate of drug-likeness (QED) is 0.605. The zero-order chi connectivity index (χ0) is 19.1. The van der Waals surface area contributed by atoms with Crippen LogP contribution in [0.5, 0.6) is 0 Å². The number of nitrogens with one attached hydrogen (secondary N) is 1. The number of halogens is 2. The second-order valence-corrected chi connectivity index (χ2v) is 5.53. The fraction of sp³-hybridized carbons (Fsp3) is 0.211. The van der Waals surface area contributed by atoms with Gasteiger partial charge in [0.2, 0.25) is 0 Å². The van der Waals surface area contributed by atoms with E-state index in [1.807, 2.05) is 0 Å². The molecule has 2 rings (SSSR count). The topological polar surface area (TPSA) is 72.5 Å². The molecule has 0 aromatic heterocycles. The summed E-state index contributed by atoms with van der Waals surface area (Å²) in [7, 11) is 0. The molecule has 26 heavy (non-hydrogen) atoms. The first kappa shape index (κ1) is 19.2. The molecule has 0 spiro atoms. The summed E-state index contributed by atoms with van der Waals surface area (Å²) >= 11 is 0. The van der Waals surface area contributed by atoms with Crippen molar-refractivity contribution in [3.63, 3.8) is 0 Å². The van der Waals surface area contributed by atoms with Crippen LogP contribution in [0.3, 0.4) is 0 Å². The minimum atomic E-state index is -1.15. The van der Waals surface area contributed by atoms with Crippen molar-refractivity contribution in [2.24, 2.45) is 0 Å². The largest absolute Gasteiger partial charge is 0.453 e. The van der Waals surface area contributed by atoms with E-state index in [0.29, 0.717) is 0 Å². The van der Waals surface area contributed by atoms with E-state index in [1.165, 1.54) is 37.3 Å². The van der Waals surface area contributed by atoms with Gasteiger partial charge in [-0.05, 0) is 43.3 Å². The molecule has 0 saturated heterocycles. The Labute approximate surface area is 149 Å². The number of carbonyl (C=O) groups excluding carboxylic acids is 3. The molecule has 0 saturated carbocycles. The average molecular weight is 361 g/mol. The molecule has 0 heterocycles. The summed E-state index contributed by atoms with van der Waals surface area (Å²) < 4.78 is 31.2. The summed E-state index contributed by atoms with van der Waals surface area (Å²) in [5.74, 6) is -2.84. The highest BCUT2D eigenvalue weighted by atomic mass is 19.1. The van der Waals surface area contributed by atoms with Crippen LogP contribution in [0.2, 0.25) is 0 Å². The molecule has 0 unspecified atom stereocenters. The van der Waals surface area contributed by atoms with Crippen LogP contribution in [0.1, 0.15) is 30.1 Å². The molecule has 0 bridgehead atoms. The number of carbonyl (C=O) groups is 3. The number of ketones is 1. The number of hydrogen-bond donors (Lipinski definition) is 1. The maximum absolute atomic E-state index is 13.5. The van der Waals surface area contributed by atoms with E-state index in [9.17, 15) is 23.2 Å². The van der Waals surface area contributed by atoms with E-state index in [1.54, 1.807) is 6.07 Å². The van der Waals surface area contributed by atoms with Crippen LogP contribution < -0.4 is 5.32 Å². The lowest BCUT2D eigenvalue weighted by Crippen LogP contribution is -2.30. The van der Waals surface area contributed by atoms with E-state index in [2.05, 4.69) is 5.32 Å². The Balaban J connectivity index is 1.81. The van der Waals surface area contributed by atoms with Gasteiger partial charge in [0.15, 0.2) is 11.9 Å². The summed E-state index contributed by atoms with van der Waals surface area (Å²) in [4.78, 5) is 35.6. The van der Waals surface area contributed by atoms with Gasteiger partial charge in [-0.1, -0.05) is 12.1 Å². The van der Waals surface area contributed by atoms with Gasteiger partial charge in [-0.2, -0.15) is 0 Å². The van der Waals surface area contributed by atoms with Gasteiger partial charge in [-0.15, -0.1) is 0 Å². The fourth-order valence-corrected chi connectivity index (χ4v) is 2.10. The van der Waals surface area contributed by atoms with Crippen molar-refractivity contribution in [3.8, 4) is 0 Å². The van der Waals surface area contributed by atoms with Crippen molar-refractivity contribution in [1.29, 1.82) is 0 Å². The van der Waals surface area contributed by atoms with Crippen molar-refractivity contribution in [1.82, 2.24) is 0 Å². The number of amides is 1. The Kier molecular flexibility index (Phi) is 6.54. The van der Waals surface area contributed by atoms with Crippen molar-refractivity contribution in [2.75, 3.05) is 5.32 Å². The lowest BCUT2D eigenvalue weighted by molar-refractivity contribution is -0.153. The predicted octanol–water partition coefficient (Wildman–Crippen LogP) is 3.50. The molecular formula is C19H17F2NO4. The SMILES string of the molecule is C[C@H](OC(=O)CCC(=O)c1ccc(F)cc1)C(=O)Nc1ccccc1F. The standard InChI is InChI=1S/C19H17F2NO4/c1-12(19(25)22-16-5-3-2-4-15(16)21)26-18(24)11-10-17(23)13-6-8-14(20)9-7-13/h2-9,12H,10-11H2,1H3,(H,22,25)/t12-/m0/s1. The normalized spacial score (nSPS) is 11.5. The van der Waals surface area contributed by atoms with Gasteiger partial charge < -0.3 is 10.1 Å². The molecular weight excluding hydrogens is 344 g/mol. The summed E-state index contributed by atoms with van der Waals surface area (Å²) in [6, 6.07) is 10.6. The number of para-hydroxylation sites is 1. The molecule has 7 heteroatoms. The number of hydrogen-bond acceptors (Lipinski definition) is 4. The van der Waals surface area contributed by atoms with Gasteiger partial charge >= 0.3 is 5.97 Å². The van der Waals surface area contributed by atoms with Crippen LogP contribution in [-0.4, -0.2) is 23.8 Å². The van der Waals surface area contributed by atoms with Gasteiger partial charge in [0, 0.05) is 12.0 Å². The first-order chi connectivity index (χ1) is 12.4.